The first-order chi connectivity index (χ1) is 17.7. The van der Waals surface area contributed by atoms with Crippen LogP contribution in [0.25, 0.3) is 0 Å². The highest BCUT2D eigenvalue weighted by Gasteiger charge is 2.22. The highest BCUT2D eigenvalue weighted by molar-refractivity contribution is 5.97. The Kier molecular flexibility index (Phi) is 8.33. The molecule has 0 aliphatic carbocycles. The summed E-state index contributed by atoms with van der Waals surface area (Å²) in [4.78, 5) is 57.3. The molecule has 2 N–H and O–H groups in total. The van der Waals surface area contributed by atoms with E-state index in [1.54, 1.807) is 19.1 Å². The monoisotopic (exact) mass is 505 g/mol. The van der Waals surface area contributed by atoms with Gasteiger partial charge in [-0.25, -0.2) is 10.2 Å². The Hall–Kier alpha value is -5.46. The zero-order chi connectivity index (χ0) is 26.9. The maximum atomic E-state index is 12.5. The lowest BCUT2D eigenvalue weighted by atomic mass is 10.1. The van der Waals surface area contributed by atoms with Gasteiger partial charge in [0.1, 0.15) is 0 Å². The number of carbonyl (C=O) groups excluding carboxylic acids is 3. The molecule has 3 aromatic rings. The van der Waals surface area contributed by atoms with Crippen LogP contribution in [0.5, 0.6) is 5.75 Å². The molecule has 0 unspecified atom stereocenters. The lowest BCUT2D eigenvalue weighted by Crippen LogP contribution is -2.18. The molecule has 0 heterocycles. The number of ether oxygens (including phenoxy) is 1. The smallest absolute Gasteiger partial charge is 0.343 e. The molecular formula is C24H19N5O8. The van der Waals surface area contributed by atoms with Crippen LogP contribution in [-0.2, 0) is 4.79 Å². The molecule has 0 spiro atoms. The SMILES string of the molecule is CCC(=O)Nc1ccc(C(=O)N/N=C/c2cccc([N+](=O)[O-])c2OC(=O)c2ccc([N+](=O)[O-])cc2)cc1. The first-order valence-electron chi connectivity index (χ1n) is 10.7. The molecule has 3 aromatic carbocycles. The fourth-order valence-electron chi connectivity index (χ4n) is 2.95. The van der Waals surface area contributed by atoms with Gasteiger partial charge in [0.2, 0.25) is 11.7 Å². The zero-order valence-corrected chi connectivity index (χ0v) is 19.2. The quantitative estimate of drug-likeness (QED) is 0.144. The van der Waals surface area contributed by atoms with Crippen LogP contribution in [0.3, 0.4) is 0 Å². The number of para-hydroxylation sites is 1. The van der Waals surface area contributed by atoms with Crippen LogP contribution in [0.15, 0.2) is 71.8 Å². The van der Waals surface area contributed by atoms with E-state index in [9.17, 15) is 34.6 Å². The van der Waals surface area contributed by atoms with Crippen molar-refractivity contribution in [3.05, 3.63) is 104 Å². The number of hydrogen-bond donors (Lipinski definition) is 2. The van der Waals surface area contributed by atoms with Gasteiger partial charge in [0.25, 0.3) is 11.6 Å². The highest BCUT2D eigenvalue weighted by atomic mass is 16.6. The van der Waals surface area contributed by atoms with Crippen molar-refractivity contribution >= 4 is 41.1 Å². The lowest BCUT2D eigenvalue weighted by Gasteiger charge is -2.08. The van der Waals surface area contributed by atoms with Crippen LogP contribution < -0.4 is 15.5 Å². The fraction of sp³-hybridized carbons (Fsp3) is 0.0833. The molecule has 0 bridgehead atoms. The van der Waals surface area contributed by atoms with Crippen molar-refractivity contribution in [3.8, 4) is 5.75 Å². The van der Waals surface area contributed by atoms with Crippen LogP contribution >= 0.6 is 0 Å². The van der Waals surface area contributed by atoms with Crippen molar-refractivity contribution in [3.63, 3.8) is 0 Å². The van der Waals surface area contributed by atoms with E-state index in [-0.39, 0.29) is 28.3 Å². The molecule has 2 amide bonds. The molecule has 0 aliphatic rings. The number of nitro benzene ring substituents is 2. The first-order valence-corrected chi connectivity index (χ1v) is 10.7. The molecule has 0 aliphatic heterocycles. The number of benzene rings is 3. The summed E-state index contributed by atoms with van der Waals surface area (Å²) in [6.07, 6.45) is 1.37. The molecule has 188 valence electrons. The molecule has 37 heavy (non-hydrogen) atoms. The van der Waals surface area contributed by atoms with Gasteiger partial charge in [-0.1, -0.05) is 13.0 Å². The Morgan fingerprint density at radius 2 is 1.57 bits per heavy atom. The number of rotatable bonds is 9. The second kappa shape index (κ2) is 11.8. The second-order valence-corrected chi connectivity index (χ2v) is 7.32. The molecule has 0 fully saturated rings. The third kappa shape index (κ3) is 6.79. The van der Waals surface area contributed by atoms with Gasteiger partial charge in [0, 0.05) is 41.4 Å². The zero-order valence-electron chi connectivity index (χ0n) is 19.2. The van der Waals surface area contributed by atoms with E-state index >= 15 is 0 Å². The Labute approximate surface area is 209 Å². The Balaban J connectivity index is 1.76. The maximum absolute atomic E-state index is 12.5. The molecule has 0 saturated heterocycles. The summed E-state index contributed by atoms with van der Waals surface area (Å²) in [5.74, 6) is -2.19. The third-order valence-corrected chi connectivity index (χ3v) is 4.85. The number of amides is 2. The van der Waals surface area contributed by atoms with Gasteiger partial charge in [-0.15, -0.1) is 0 Å². The number of hydrazone groups is 1. The Bertz CT molecular complexity index is 1390. The first kappa shape index (κ1) is 26.2. The fourth-order valence-corrected chi connectivity index (χ4v) is 2.95. The topological polar surface area (TPSA) is 183 Å². The van der Waals surface area contributed by atoms with Gasteiger partial charge in [-0.2, -0.15) is 5.10 Å². The van der Waals surface area contributed by atoms with E-state index in [0.29, 0.717) is 12.1 Å². The summed E-state index contributed by atoms with van der Waals surface area (Å²) in [6.45, 7) is 1.71. The summed E-state index contributed by atoms with van der Waals surface area (Å²) in [5, 5.41) is 28.7. The average molecular weight is 505 g/mol. The van der Waals surface area contributed by atoms with Gasteiger partial charge >= 0.3 is 11.7 Å². The van der Waals surface area contributed by atoms with E-state index in [4.69, 9.17) is 4.74 Å². The lowest BCUT2D eigenvalue weighted by molar-refractivity contribution is -0.385. The summed E-state index contributed by atoms with van der Waals surface area (Å²) in [6, 6.07) is 14.4. The number of carbonyl (C=O) groups is 3. The van der Waals surface area contributed by atoms with Crippen LogP contribution in [0.2, 0.25) is 0 Å². The van der Waals surface area contributed by atoms with Crippen LogP contribution in [0.1, 0.15) is 39.6 Å². The number of nitrogens with zero attached hydrogens (tertiary/aromatic N) is 3. The minimum atomic E-state index is -0.988. The van der Waals surface area contributed by atoms with E-state index < -0.39 is 33.2 Å². The second-order valence-electron chi connectivity index (χ2n) is 7.32. The molecular weight excluding hydrogens is 486 g/mol. The van der Waals surface area contributed by atoms with Gasteiger partial charge in [0.05, 0.1) is 21.6 Å². The third-order valence-electron chi connectivity index (χ3n) is 4.85. The summed E-state index contributed by atoms with van der Waals surface area (Å²) >= 11 is 0. The highest BCUT2D eigenvalue weighted by Crippen LogP contribution is 2.31. The minimum absolute atomic E-state index is 0.0161. The van der Waals surface area contributed by atoms with Gasteiger partial charge in [-0.3, -0.25) is 29.8 Å². The summed E-state index contributed by atoms with van der Waals surface area (Å²) in [5.41, 5.74) is 2.18. The van der Waals surface area contributed by atoms with E-state index in [0.717, 1.165) is 36.5 Å². The van der Waals surface area contributed by atoms with Crippen molar-refractivity contribution in [1.82, 2.24) is 5.43 Å². The number of hydrogen-bond acceptors (Lipinski definition) is 9. The largest absolute Gasteiger partial charge is 0.415 e. The molecule has 0 radical (unpaired) electrons. The molecule has 3 rings (SSSR count). The molecule has 0 saturated carbocycles. The van der Waals surface area contributed by atoms with Crippen molar-refractivity contribution in [1.29, 1.82) is 0 Å². The van der Waals surface area contributed by atoms with Crippen molar-refractivity contribution in [2.45, 2.75) is 13.3 Å². The maximum Gasteiger partial charge on any atom is 0.343 e. The van der Waals surface area contributed by atoms with Crippen molar-refractivity contribution < 1.29 is 29.0 Å². The normalized spacial score (nSPS) is 10.5. The van der Waals surface area contributed by atoms with Gasteiger partial charge < -0.3 is 10.1 Å². The molecule has 0 atom stereocenters. The van der Waals surface area contributed by atoms with Gasteiger partial charge in [-0.05, 0) is 42.5 Å². The minimum Gasteiger partial charge on any atom is -0.415 e. The van der Waals surface area contributed by atoms with Crippen molar-refractivity contribution in [2.75, 3.05) is 5.32 Å². The van der Waals surface area contributed by atoms with E-state index in [2.05, 4.69) is 15.8 Å². The average Bonchev–Trinajstić information content (AvgIpc) is 2.89. The van der Waals surface area contributed by atoms with Crippen molar-refractivity contribution in [2.24, 2.45) is 5.10 Å². The Morgan fingerprint density at radius 1 is 0.919 bits per heavy atom. The predicted molar refractivity (Wildman–Crippen MR) is 132 cm³/mol. The number of non-ortho nitro benzene ring substituents is 1. The molecule has 0 aromatic heterocycles. The number of nitro groups is 2. The standard InChI is InChI=1S/C24H19N5O8/c1-2-21(30)26-18-10-6-15(7-11-18)23(31)27-25-14-17-4-3-5-20(29(35)36)22(17)37-24(32)16-8-12-19(13-9-16)28(33)34/h3-14H,2H2,1H3,(H,26,30)(H,27,31)/b25-14+. The van der Waals surface area contributed by atoms with Gasteiger partial charge in [0.15, 0.2) is 0 Å². The summed E-state index contributed by atoms with van der Waals surface area (Å²) < 4.78 is 5.23. The molecule has 13 heteroatoms. The van der Waals surface area contributed by atoms with Crippen LogP contribution in [-0.4, -0.2) is 33.8 Å². The van der Waals surface area contributed by atoms with E-state index in [1.807, 2.05) is 0 Å². The number of anilines is 1. The van der Waals surface area contributed by atoms with Crippen LogP contribution in [0.4, 0.5) is 17.1 Å². The van der Waals surface area contributed by atoms with Crippen LogP contribution in [0, 0.1) is 20.2 Å². The summed E-state index contributed by atoms with van der Waals surface area (Å²) in [7, 11) is 0. The predicted octanol–water partition coefficient (Wildman–Crippen LogP) is 3.83. The number of esters is 1. The number of nitrogens with one attached hydrogen (secondary N) is 2. The van der Waals surface area contributed by atoms with E-state index in [1.165, 1.54) is 24.3 Å². The molecule has 13 nitrogen and oxygen atoms in total. The Morgan fingerprint density at radius 3 is 2.16 bits per heavy atom.